The Morgan fingerprint density at radius 1 is 0.917 bits per heavy atom. The van der Waals surface area contributed by atoms with Gasteiger partial charge in [-0.3, -0.25) is 4.57 Å². The number of rotatable bonds is 2. The lowest BCUT2D eigenvalue weighted by Gasteiger charge is -2.29. The van der Waals surface area contributed by atoms with Crippen molar-refractivity contribution in [2.45, 2.75) is 0 Å². The Labute approximate surface area is 140 Å². The van der Waals surface area contributed by atoms with Crippen LogP contribution in [0.15, 0.2) is 60.9 Å². The summed E-state index contributed by atoms with van der Waals surface area (Å²) in [6.45, 7) is 4.06. The largest absolute Gasteiger partial charge is 0.369 e. The summed E-state index contributed by atoms with van der Waals surface area (Å²) in [5, 5.41) is 8.41. The number of aromatic nitrogens is 1. The number of amides is 1. The third kappa shape index (κ3) is 2.98. The predicted octanol–water partition coefficient (Wildman–Crippen LogP) is 3.13. The fourth-order valence-electron chi connectivity index (χ4n) is 3.07. The molecule has 2 N–H and O–H groups in total. The first-order valence-corrected chi connectivity index (χ1v) is 8.23. The van der Waals surface area contributed by atoms with Gasteiger partial charge in [0.2, 0.25) is 0 Å². The van der Waals surface area contributed by atoms with E-state index in [0.29, 0.717) is 0 Å². The van der Waals surface area contributed by atoms with E-state index in [1.165, 1.54) is 5.69 Å². The van der Waals surface area contributed by atoms with Crippen molar-refractivity contribution < 1.29 is 4.79 Å². The quantitative estimate of drug-likeness (QED) is 0.763. The zero-order valence-corrected chi connectivity index (χ0v) is 13.4. The van der Waals surface area contributed by atoms with Gasteiger partial charge in [-0.2, -0.15) is 0 Å². The van der Waals surface area contributed by atoms with E-state index in [1.54, 1.807) is 4.57 Å². The Bertz CT molecular complexity index is 814. The molecule has 1 aliphatic heterocycles. The lowest BCUT2D eigenvalue weighted by Crippen LogP contribution is -2.43. The van der Waals surface area contributed by atoms with Crippen LogP contribution in [0, 0.1) is 0 Å². The maximum Gasteiger partial charge on any atom is 0.329 e. The molecule has 0 atom stereocenters. The summed E-state index contributed by atoms with van der Waals surface area (Å²) < 4.78 is 1.59. The number of fused-ring (bicyclic) bond motifs is 1. The summed E-state index contributed by atoms with van der Waals surface area (Å²) in [6.07, 6.45) is 3.69. The van der Waals surface area contributed by atoms with Gasteiger partial charge in [0, 0.05) is 49.9 Å². The Morgan fingerprint density at radius 2 is 1.54 bits per heavy atom. The molecule has 0 aliphatic carbocycles. The molecule has 122 valence electrons. The molecule has 1 aliphatic rings. The van der Waals surface area contributed by atoms with Crippen LogP contribution in [-0.2, 0) is 0 Å². The first-order valence-electron chi connectivity index (χ1n) is 8.23. The Balaban J connectivity index is 1.47. The minimum Gasteiger partial charge on any atom is -0.369 e. The molecule has 0 radical (unpaired) electrons. The molecule has 1 fully saturated rings. The topological polar surface area (TPSA) is 49.3 Å². The Kier molecular flexibility index (Phi) is 3.92. The third-order valence-corrected chi connectivity index (χ3v) is 4.39. The highest BCUT2D eigenvalue weighted by Crippen LogP contribution is 2.19. The van der Waals surface area contributed by atoms with Gasteiger partial charge in [-0.05, 0) is 35.0 Å². The fourth-order valence-corrected chi connectivity index (χ4v) is 3.07. The number of nitrogens with one attached hydrogen (secondary N) is 2. The molecule has 0 unspecified atom stereocenters. The highest BCUT2D eigenvalue weighted by molar-refractivity contribution is 5.95. The van der Waals surface area contributed by atoms with E-state index in [1.807, 2.05) is 48.8 Å². The number of benzene rings is 2. The Morgan fingerprint density at radius 3 is 2.17 bits per heavy atom. The Hall–Kier alpha value is -2.79. The van der Waals surface area contributed by atoms with Crippen molar-refractivity contribution in [1.29, 1.82) is 0 Å². The highest BCUT2D eigenvalue weighted by Gasteiger charge is 2.11. The molecule has 24 heavy (non-hydrogen) atoms. The maximum absolute atomic E-state index is 12.4. The molecule has 1 amide bonds. The van der Waals surface area contributed by atoms with E-state index in [0.717, 1.165) is 42.6 Å². The second-order valence-electron chi connectivity index (χ2n) is 6.01. The molecular weight excluding hydrogens is 300 g/mol. The standard InChI is InChI=1S/C19H20N4O/c24-19(23-13-15-3-1-2-4-16(15)14-23)21-17-5-7-18(8-6-17)22-11-9-20-10-12-22/h1-8,13-14,20H,9-12H2,(H,21,24). The molecule has 3 aromatic rings. The molecule has 2 heterocycles. The van der Waals surface area contributed by atoms with Crippen molar-refractivity contribution in [3.8, 4) is 0 Å². The van der Waals surface area contributed by atoms with E-state index < -0.39 is 0 Å². The first kappa shape index (κ1) is 14.8. The van der Waals surface area contributed by atoms with Gasteiger partial charge in [0.25, 0.3) is 0 Å². The van der Waals surface area contributed by atoms with Gasteiger partial charge in [-0.1, -0.05) is 24.3 Å². The number of anilines is 2. The molecular formula is C19H20N4O. The van der Waals surface area contributed by atoms with Crippen LogP contribution in [0.25, 0.3) is 10.8 Å². The zero-order chi connectivity index (χ0) is 16.4. The summed E-state index contributed by atoms with van der Waals surface area (Å²) >= 11 is 0. The minimum absolute atomic E-state index is 0.152. The van der Waals surface area contributed by atoms with Gasteiger partial charge < -0.3 is 15.5 Å². The van der Waals surface area contributed by atoms with Crippen LogP contribution in [0.2, 0.25) is 0 Å². The van der Waals surface area contributed by atoms with Crippen LogP contribution >= 0.6 is 0 Å². The monoisotopic (exact) mass is 320 g/mol. The average molecular weight is 320 g/mol. The van der Waals surface area contributed by atoms with Crippen LogP contribution in [0.1, 0.15) is 0 Å². The van der Waals surface area contributed by atoms with Crippen LogP contribution < -0.4 is 15.5 Å². The molecule has 1 saturated heterocycles. The smallest absolute Gasteiger partial charge is 0.329 e. The van der Waals surface area contributed by atoms with E-state index >= 15 is 0 Å². The van der Waals surface area contributed by atoms with Crippen LogP contribution in [-0.4, -0.2) is 36.8 Å². The minimum atomic E-state index is -0.152. The van der Waals surface area contributed by atoms with Gasteiger partial charge in [0.15, 0.2) is 0 Å². The van der Waals surface area contributed by atoms with E-state index in [-0.39, 0.29) is 6.03 Å². The molecule has 5 heteroatoms. The lowest BCUT2D eigenvalue weighted by molar-refractivity contribution is 0.253. The molecule has 0 saturated carbocycles. The van der Waals surface area contributed by atoms with Crippen LogP contribution in [0.5, 0.6) is 0 Å². The second-order valence-corrected chi connectivity index (χ2v) is 6.01. The predicted molar refractivity (Wildman–Crippen MR) is 97.9 cm³/mol. The van der Waals surface area contributed by atoms with E-state index in [9.17, 15) is 4.79 Å². The molecule has 0 spiro atoms. The summed E-state index contributed by atoms with van der Waals surface area (Å²) in [7, 11) is 0. The van der Waals surface area contributed by atoms with Gasteiger partial charge in [0.05, 0.1) is 0 Å². The number of piperazine rings is 1. The van der Waals surface area contributed by atoms with Crippen LogP contribution in [0.3, 0.4) is 0 Å². The van der Waals surface area contributed by atoms with Gasteiger partial charge in [-0.15, -0.1) is 0 Å². The first-order chi connectivity index (χ1) is 11.8. The van der Waals surface area contributed by atoms with Crippen molar-refractivity contribution in [1.82, 2.24) is 9.88 Å². The summed E-state index contributed by atoms with van der Waals surface area (Å²) in [4.78, 5) is 14.8. The van der Waals surface area contributed by atoms with Crippen molar-refractivity contribution in [3.05, 3.63) is 60.9 Å². The summed E-state index contributed by atoms with van der Waals surface area (Å²) in [5.74, 6) is 0. The number of nitrogens with zero attached hydrogens (tertiary/aromatic N) is 2. The third-order valence-electron chi connectivity index (χ3n) is 4.39. The molecule has 1 aromatic heterocycles. The number of carbonyl (C=O) groups excluding carboxylic acids is 1. The maximum atomic E-state index is 12.4. The van der Waals surface area contributed by atoms with Crippen molar-refractivity contribution in [3.63, 3.8) is 0 Å². The van der Waals surface area contributed by atoms with E-state index in [4.69, 9.17) is 0 Å². The SMILES string of the molecule is O=C(Nc1ccc(N2CCNCC2)cc1)n1cc2ccccc2c1. The molecule has 0 bridgehead atoms. The highest BCUT2D eigenvalue weighted by atomic mass is 16.2. The van der Waals surface area contributed by atoms with Crippen LogP contribution in [0.4, 0.5) is 16.2 Å². The van der Waals surface area contributed by atoms with E-state index in [2.05, 4.69) is 27.7 Å². The molecule has 4 rings (SSSR count). The average Bonchev–Trinajstić information content (AvgIpc) is 3.07. The second kappa shape index (κ2) is 6.37. The fraction of sp³-hybridized carbons (Fsp3) is 0.211. The summed E-state index contributed by atoms with van der Waals surface area (Å²) in [5.41, 5.74) is 2.00. The molecule has 2 aromatic carbocycles. The summed E-state index contributed by atoms with van der Waals surface area (Å²) in [6, 6.07) is 15.8. The lowest BCUT2D eigenvalue weighted by atomic mass is 10.2. The zero-order valence-electron chi connectivity index (χ0n) is 13.4. The number of hydrogen-bond donors (Lipinski definition) is 2. The normalized spacial score (nSPS) is 14.8. The molecule has 5 nitrogen and oxygen atoms in total. The number of carbonyl (C=O) groups is 1. The van der Waals surface area contributed by atoms with Gasteiger partial charge in [0.1, 0.15) is 0 Å². The number of hydrogen-bond acceptors (Lipinski definition) is 3. The van der Waals surface area contributed by atoms with Crippen molar-refractivity contribution >= 4 is 28.2 Å². The van der Waals surface area contributed by atoms with Gasteiger partial charge in [-0.25, -0.2) is 4.79 Å². The van der Waals surface area contributed by atoms with Crippen molar-refractivity contribution in [2.75, 3.05) is 36.4 Å². The van der Waals surface area contributed by atoms with Crippen molar-refractivity contribution in [2.24, 2.45) is 0 Å². The van der Waals surface area contributed by atoms with Gasteiger partial charge >= 0.3 is 6.03 Å².